The highest BCUT2D eigenvalue weighted by Crippen LogP contribution is 2.26. The molecule has 3 aromatic rings. The zero-order valence-electron chi connectivity index (χ0n) is 24.9. The van der Waals surface area contributed by atoms with Gasteiger partial charge < -0.3 is 30.4 Å². The fourth-order valence-corrected chi connectivity index (χ4v) is 4.09. The number of ether oxygens (including phenoxy) is 2. The summed E-state index contributed by atoms with van der Waals surface area (Å²) in [5, 5.41) is 4.79. The second kappa shape index (κ2) is 14.5. The molecule has 0 saturated carbocycles. The van der Waals surface area contributed by atoms with E-state index in [0.29, 0.717) is 0 Å². The Morgan fingerprint density at radius 3 is 2.24 bits per heavy atom. The van der Waals surface area contributed by atoms with E-state index in [-0.39, 0.29) is 28.0 Å². The van der Waals surface area contributed by atoms with Gasteiger partial charge >= 0.3 is 5.97 Å². The molecule has 0 aliphatic carbocycles. The molecule has 2 aromatic carbocycles. The quantitative estimate of drug-likeness (QED) is 0.118. The van der Waals surface area contributed by atoms with Gasteiger partial charge in [-0.25, -0.2) is 8.78 Å². The molecule has 0 aliphatic rings. The van der Waals surface area contributed by atoms with Crippen LogP contribution < -0.4 is 26.7 Å². The average Bonchev–Trinajstić information content (AvgIpc) is 2.96. The monoisotopic (exact) mass is 668 g/mol. The minimum absolute atomic E-state index is 0.0534. The van der Waals surface area contributed by atoms with Crippen molar-refractivity contribution >= 4 is 46.5 Å². The summed E-state index contributed by atoms with van der Waals surface area (Å²) in [5.41, 5.74) is 3.93. The van der Waals surface area contributed by atoms with Crippen molar-refractivity contribution in [3.63, 3.8) is 0 Å². The summed E-state index contributed by atoms with van der Waals surface area (Å²) in [6.07, 6.45) is 0.440. The molecule has 11 nitrogen and oxygen atoms in total. The molecule has 0 radical (unpaired) electrons. The fraction of sp³-hybridized carbons (Fsp3) is 0.300. The van der Waals surface area contributed by atoms with Crippen LogP contribution in [0.2, 0.25) is 5.02 Å². The summed E-state index contributed by atoms with van der Waals surface area (Å²) < 4.78 is 66.1. The van der Waals surface area contributed by atoms with Crippen molar-refractivity contribution in [1.29, 1.82) is 0 Å². The molecule has 46 heavy (non-hydrogen) atoms. The van der Waals surface area contributed by atoms with E-state index < -0.39 is 88.9 Å². The van der Waals surface area contributed by atoms with E-state index in [1.807, 2.05) is 0 Å². The molecule has 2 amide bonds. The lowest BCUT2D eigenvalue weighted by Gasteiger charge is -2.24. The number of pyridine rings is 1. The van der Waals surface area contributed by atoms with Crippen LogP contribution in [0.5, 0.6) is 5.75 Å². The van der Waals surface area contributed by atoms with E-state index in [1.54, 1.807) is 0 Å². The highest BCUT2D eigenvalue weighted by atomic mass is 35.5. The fourth-order valence-electron chi connectivity index (χ4n) is 3.91. The molecule has 2 atom stereocenters. The zero-order valence-corrected chi connectivity index (χ0v) is 25.6. The Labute approximate surface area is 264 Å². The van der Waals surface area contributed by atoms with Crippen molar-refractivity contribution in [2.45, 2.75) is 51.8 Å². The lowest BCUT2D eigenvalue weighted by atomic mass is 10.1. The number of nitrogens with zero attached hydrogens (tertiary/aromatic N) is 1. The number of Topliss-reactive ketones (excluding diaryl/α,β-unsaturated/α-hetero) is 1. The van der Waals surface area contributed by atoms with E-state index in [1.165, 1.54) is 64.2 Å². The molecule has 0 fully saturated rings. The summed E-state index contributed by atoms with van der Waals surface area (Å²) in [6, 6.07) is 3.57. The molecular formula is C30H29ClF4N4O7. The number of benzene rings is 2. The molecule has 1 aromatic heterocycles. The number of hydrogen-bond donors (Lipinski definition) is 3. The molecule has 0 saturated heterocycles. The first-order chi connectivity index (χ1) is 21.4. The topological polar surface area (TPSA) is 159 Å². The van der Waals surface area contributed by atoms with Gasteiger partial charge in [-0.05, 0) is 58.0 Å². The van der Waals surface area contributed by atoms with Crippen molar-refractivity contribution in [3.8, 4) is 5.75 Å². The number of aromatic nitrogens is 1. The SMILES string of the molecule is CC(C(=O)NC(CC(=O)OC(C)(C)C)C(=O)COc1c(F)c(F)cc(F)c1F)n1cccc(NC(=O)c2ccc(N)c(Cl)c2)c1=O. The Kier molecular flexibility index (Phi) is 11.2. The van der Waals surface area contributed by atoms with Gasteiger partial charge in [-0.1, -0.05) is 11.6 Å². The lowest BCUT2D eigenvalue weighted by Crippen LogP contribution is -2.48. The van der Waals surface area contributed by atoms with Crippen LogP contribution in [0, 0.1) is 23.3 Å². The Morgan fingerprint density at radius 1 is 1.02 bits per heavy atom. The Bertz CT molecular complexity index is 1720. The maximum Gasteiger partial charge on any atom is 0.308 e. The molecule has 0 aliphatic heterocycles. The number of carbonyl (C=O) groups excluding carboxylic acids is 4. The highest BCUT2D eigenvalue weighted by molar-refractivity contribution is 6.33. The van der Waals surface area contributed by atoms with E-state index in [4.69, 9.17) is 26.8 Å². The van der Waals surface area contributed by atoms with E-state index >= 15 is 0 Å². The summed E-state index contributed by atoms with van der Waals surface area (Å²) in [6.45, 7) is 4.66. The van der Waals surface area contributed by atoms with Crippen molar-refractivity contribution in [1.82, 2.24) is 9.88 Å². The van der Waals surface area contributed by atoms with Crippen molar-refractivity contribution in [2.24, 2.45) is 0 Å². The van der Waals surface area contributed by atoms with E-state index in [0.717, 1.165) is 4.57 Å². The second-order valence-electron chi connectivity index (χ2n) is 10.9. The van der Waals surface area contributed by atoms with Crippen molar-refractivity contribution < 1.29 is 46.2 Å². The largest absolute Gasteiger partial charge is 0.479 e. The third-order valence-corrected chi connectivity index (χ3v) is 6.54. The van der Waals surface area contributed by atoms with Gasteiger partial charge in [0.2, 0.25) is 17.5 Å². The first-order valence-corrected chi connectivity index (χ1v) is 13.9. The van der Waals surface area contributed by atoms with Crippen LogP contribution in [-0.2, 0) is 19.1 Å². The Hall–Kier alpha value is -4.92. The molecule has 246 valence electrons. The predicted molar refractivity (Wildman–Crippen MR) is 158 cm³/mol. The predicted octanol–water partition coefficient (Wildman–Crippen LogP) is 4.32. The molecule has 0 bridgehead atoms. The Balaban J connectivity index is 1.82. The van der Waals surface area contributed by atoms with Crippen LogP contribution >= 0.6 is 11.6 Å². The average molecular weight is 669 g/mol. The number of rotatable bonds is 11. The third-order valence-electron chi connectivity index (χ3n) is 6.21. The molecule has 16 heteroatoms. The Morgan fingerprint density at radius 2 is 1.65 bits per heavy atom. The number of halogens is 5. The number of nitrogens with one attached hydrogen (secondary N) is 2. The van der Waals surface area contributed by atoms with Gasteiger partial charge in [0, 0.05) is 17.8 Å². The number of nitrogen functional groups attached to an aromatic ring is 1. The maximum absolute atomic E-state index is 14.0. The van der Waals surface area contributed by atoms with Gasteiger partial charge in [0.15, 0.2) is 23.2 Å². The third kappa shape index (κ3) is 8.84. The normalized spacial score (nSPS) is 12.5. The van der Waals surface area contributed by atoms with Gasteiger partial charge in [0.1, 0.15) is 30.0 Å². The minimum atomic E-state index is -1.90. The van der Waals surface area contributed by atoms with E-state index in [2.05, 4.69) is 10.6 Å². The first-order valence-electron chi connectivity index (χ1n) is 13.5. The number of esters is 1. The molecule has 0 spiro atoms. The van der Waals surface area contributed by atoms with Gasteiger partial charge in [0.05, 0.1) is 17.1 Å². The summed E-state index contributed by atoms with van der Waals surface area (Å²) in [4.78, 5) is 64.6. The summed E-state index contributed by atoms with van der Waals surface area (Å²) >= 11 is 5.96. The van der Waals surface area contributed by atoms with Crippen molar-refractivity contribution in [3.05, 3.63) is 86.8 Å². The summed E-state index contributed by atoms with van der Waals surface area (Å²) in [7, 11) is 0. The smallest absolute Gasteiger partial charge is 0.308 e. The van der Waals surface area contributed by atoms with Crippen LogP contribution in [0.15, 0.2) is 47.4 Å². The molecule has 1 heterocycles. The van der Waals surface area contributed by atoms with E-state index in [9.17, 15) is 41.5 Å². The number of carbonyl (C=O) groups is 4. The van der Waals surface area contributed by atoms with Crippen LogP contribution in [-0.4, -0.2) is 46.4 Å². The number of amides is 2. The van der Waals surface area contributed by atoms with Gasteiger partial charge in [0.25, 0.3) is 11.5 Å². The molecule has 4 N–H and O–H groups in total. The zero-order chi connectivity index (χ0) is 34.5. The summed E-state index contributed by atoms with van der Waals surface area (Å²) in [5.74, 6) is -12.7. The second-order valence-corrected chi connectivity index (χ2v) is 11.3. The number of nitrogens with two attached hydrogens (primary N) is 1. The van der Waals surface area contributed by atoms with Crippen molar-refractivity contribution in [2.75, 3.05) is 17.7 Å². The van der Waals surface area contributed by atoms with Gasteiger partial charge in [-0.2, -0.15) is 8.78 Å². The highest BCUT2D eigenvalue weighted by Gasteiger charge is 2.31. The molecule has 2 unspecified atom stereocenters. The lowest BCUT2D eigenvalue weighted by molar-refractivity contribution is -0.156. The standard InChI is InChI=1S/C30H29ClF4N4O7/c1-14(39-9-5-6-20(29(39)44)37-28(43)15-7-8-19(36)16(31)10-15)27(42)38-21(12-23(41)46-30(2,3)4)22(40)13-45-26-24(34)17(32)11-18(33)25(26)35/h5-11,14,21H,12-13,36H2,1-4H3,(H,37,43)(H,38,42). The van der Waals surface area contributed by atoms with Crippen LogP contribution in [0.25, 0.3) is 0 Å². The number of ketones is 1. The van der Waals surface area contributed by atoms with Crippen LogP contribution in [0.3, 0.4) is 0 Å². The van der Waals surface area contributed by atoms with Crippen LogP contribution in [0.1, 0.15) is 50.5 Å². The van der Waals surface area contributed by atoms with Crippen LogP contribution in [0.4, 0.5) is 28.9 Å². The van der Waals surface area contributed by atoms with Gasteiger partial charge in [-0.3, -0.25) is 24.0 Å². The maximum atomic E-state index is 14.0. The number of hydrogen-bond acceptors (Lipinski definition) is 8. The molecule has 3 rings (SSSR count). The number of anilines is 2. The first kappa shape index (κ1) is 35.6. The van der Waals surface area contributed by atoms with Gasteiger partial charge in [-0.15, -0.1) is 0 Å². The molecular weight excluding hydrogens is 640 g/mol. The minimum Gasteiger partial charge on any atom is -0.479 e.